The second kappa shape index (κ2) is 7.39. The number of benzene rings is 1. The molecule has 0 aliphatic heterocycles. The second-order valence-electron chi connectivity index (χ2n) is 6.42. The van der Waals surface area contributed by atoms with Crippen LogP contribution >= 0.6 is 0 Å². The van der Waals surface area contributed by atoms with Gasteiger partial charge in [0.25, 0.3) is 0 Å². The van der Waals surface area contributed by atoms with Gasteiger partial charge < -0.3 is 14.9 Å². The Bertz CT molecular complexity index is 926. The number of pyridine rings is 2. The largest absolute Gasteiger partial charge is 0.478 e. The van der Waals surface area contributed by atoms with Crippen LogP contribution in [0.3, 0.4) is 0 Å². The molecule has 0 unspecified atom stereocenters. The highest BCUT2D eigenvalue weighted by molar-refractivity contribution is 6.12. The number of aromatic nitrogens is 2. The molecule has 3 aromatic rings. The standard InChI is InChI=1S/C20H22N4O2/c1-23(2)19-15-5-4-6-16(20(25)26)18(15)17(13-22-19)24(3)12-9-14-7-10-21-11-8-14/h4-8,10-11,13H,9,12H2,1-3H3,(H,25,26). The van der Waals surface area contributed by atoms with Crippen molar-refractivity contribution in [3.8, 4) is 0 Å². The van der Waals surface area contributed by atoms with Gasteiger partial charge in [-0.3, -0.25) is 4.98 Å². The van der Waals surface area contributed by atoms with Gasteiger partial charge in [-0.2, -0.15) is 0 Å². The quantitative estimate of drug-likeness (QED) is 0.737. The van der Waals surface area contributed by atoms with Crippen molar-refractivity contribution in [2.24, 2.45) is 0 Å². The second-order valence-corrected chi connectivity index (χ2v) is 6.42. The molecule has 2 aromatic heterocycles. The first-order valence-electron chi connectivity index (χ1n) is 8.41. The van der Waals surface area contributed by atoms with Crippen LogP contribution in [0.4, 0.5) is 11.5 Å². The fourth-order valence-corrected chi connectivity index (χ4v) is 3.06. The molecule has 1 N–H and O–H groups in total. The van der Waals surface area contributed by atoms with E-state index in [0.717, 1.165) is 35.2 Å². The number of likely N-dealkylation sites (N-methyl/N-ethyl adjacent to an activating group) is 1. The monoisotopic (exact) mass is 350 g/mol. The first-order chi connectivity index (χ1) is 12.5. The molecule has 6 heteroatoms. The number of rotatable bonds is 6. The van der Waals surface area contributed by atoms with Crippen LogP contribution in [0.15, 0.2) is 48.9 Å². The van der Waals surface area contributed by atoms with Gasteiger partial charge in [0.2, 0.25) is 0 Å². The van der Waals surface area contributed by atoms with E-state index in [1.807, 2.05) is 44.2 Å². The SMILES string of the molecule is CN(C)c1ncc(N(C)CCc2ccncc2)c2c(C(=O)O)cccc12. The molecular formula is C20H22N4O2. The molecule has 0 saturated heterocycles. The molecule has 0 aliphatic rings. The van der Waals surface area contributed by atoms with E-state index in [1.165, 1.54) is 5.56 Å². The number of nitrogens with zero attached hydrogens (tertiary/aromatic N) is 4. The smallest absolute Gasteiger partial charge is 0.336 e. The molecule has 0 bridgehead atoms. The van der Waals surface area contributed by atoms with E-state index >= 15 is 0 Å². The molecule has 0 amide bonds. The summed E-state index contributed by atoms with van der Waals surface area (Å²) in [6.45, 7) is 0.746. The summed E-state index contributed by atoms with van der Waals surface area (Å²) in [7, 11) is 5.77. The highest BCUT2D eigenvalue weighted by Crippen LogP contribution is 2.34. The zero-order valence-electron chi connectivity index (χ0n) is 15.2. The molecule has 3 rings (SSSR count). The highest BCUT2D eigenvalue weighted by Gasteiger charge is 2.18. The molecule has 0 fully saturated rings. The van der Waals surface area contributed by atoms with E-state index < -0.39 is 5.97 Å². The minimum absolute atomic E-state index is 0.291. The van der Waals surface area contributed by atoms with Crippen LogP contribution in [0.2, 0.25) is 0 Å². The highest BCUT2D eigenvalue weighted by atomic mass is 16.4. The lowest BCUT2D eigenvalue weighted by Crippen LogP contribution is -2.22. The van der Waals surface area contributed by atoms with Gasteiger partial charge in [-0.15, -0.1) is 0 Å². The number of anilines is 2. The van der Waals surface area contributed by atoms with Crippen LogP contribution in [-0.2, 0) is 6.42 Å². The maximum Gasteiger partial charge on any atom is 0.336 e. The third-order valence-corrected chi connectivity index (χ3v) is 4.42. The molecule has 2 heterocycles. The fraction of sp³-hybridized carbons (Fsp3) is 0.250. The third-order valence-electron chi connectivity index (χ3n) is 4.42. The van der Waals surface area contributed by atoms with Crippen molar-refractivity contribution in [1.29, 1.82) is 0 Å². The molecule has 6 nitrogen and oxygen atoms in total. The van der Waals surface area contributed by atoms with Gasteiger partial charge >= 0.3 is 5.97 Å². The average Bonchev–Trinajstić information content (AvgIpc) is 2.65. The zero-order chi connectivity index (χ0) is 18.7. The third kappa shape index (κ3) is 3.44. The van der Waals surface area contributed by atoms with Crippen molar-refractivity contribution in [2.75, 3.05) is 37.5 Å². The first-order valence-corrected chi connectivity index (χ1v) is 8.41. The minimum Gasteiger partial charge on any atom is -0.478 e. The van der Waals surface area contributed by atoms with Gasteiger partial charge in [0, 0.05) is 50.9 Å². The Kier molecular flexibility index (Phi) is 5.02. The van der Waals surface area contributed by atoms with Gasteiger partial charge in [0.15, 0.2) is 0 Å². The van der Waals surface area contributed by atoms with E-state index in [-0.39, 0.29) is 0 Å². The summed E-state index contributed by atoms with van der Waals surface area (Å²) in [6.07, 6.45) is 6.16. The summed E-state index contributed by atoms with van der Waals surface area (Å²) in [4.78, 5) is 24.3. The normalized spacial score (nSPS) is 10.7. The van der Waals surface area contributed by atoms with E-state index in [2.05, 4.69) is 14.9 Å². The van der Waals surface area contributed by atoms with Gasteiger partial charge in [0.05, 0.1) is 17.4 Å². The number of hydrogen-bond donors (Lipinski definition) is 1. The topological polar surface area (TPSA) is 69.6 Å². The summed E-state index contributed by atoms with van der Waals surface area (Å²) in [6, 6.07) is 9.31. The number of carboxylic acid groups (broad SMARTS) is 1. The lowest BCUT2D eigenvalue weighted by molar-refractivity contribution is 0.0699. The molecule has 0 spiro atoms. The molecule has 0 aliphatic carbocycles. The predicted molar refractivity (Wildman–Crippen MR) is 104 cm³/mol. The molecule has 26 heavy (non-hydrogen) atoms. The van der Waals surface area contributed by atoms with E-state index in [0.29, 0.717) is 5.56 Å². The molecule has 1 aromatic carbocycles. The number of hydrogen-bond acceptors (Lipinski definition) is 5. The van der Waals surface area contributed by atoms with E-state index in [1.54, 1.807) is 30.7 Å². The Balaban J connectivity index is 2.04. The van der Waals surface area contributed by atoms with E-state index in [9.17, 15) is 9.90 Å². The van der Waals surface area contributed by atoms with Crippen molar-refractivity contribution in [2.45, 2.75) is 6.42 Å². The Morgan fingerprint density at radius 3 is 2.50 bits per heavy atom. The van der Waals surface area contributed by atoms with Gasteiger partial charge in [0.1, 0.15) is 5.82 Å². The summed E-state index contributed by atoms with van der Waals surface area (Å²) >= 11 is 0. The molecule has 0 radical (unpaired) electrons. The molecular weight excluding hydrogens is 328 g/mol. The van der Waals surface area contributed by atoms with Crippen molar-refractivity contribution in [1.82, 2.24) is 9.97 Å². The Labute approximate surface area is 152 Å². The predicted octanol–water partition coefficient (Wildman–Crippen LogP) is 3.07. The first kappa shape index (κ1) is 17.7. The van der Waals surface area contributed by atoms with Crippen molar-refractivity contribution >= 4 is 28.2 Å². The average molecular weight is 350 g/mol. The van der Waals surface area contributed by atoms with Crippen LogP contribution in [0.25, 0.3) is 10.8 Å². The maximum absolute atomic E-state index is 11.8. The summed E-state index contributed by atoms with van der Waals surface area (Å²) < 4.78 is 0. The Morgan fingerprint density at radius 1 is 1.12 bits per heavy atom. The van der Waals surface area contributed by atoms with Crippen molar-refractivity contribution in [3.63, 3.8) is 0 Å². The Hall–Kier alpha value is -3.15. The molecule has 0 atom stereocenters. The van der Waals surface area contributed by atoms with Crippen LogP contribution in [0, 0.1) is 0 Å². The lowest BCUT2D eigenvalue weighted by atomic mass is 10.0. The van der Waals surface area contributed by atoms with Crippen LogP contribution < -0.4 is 9.80 Å². The van der Waals surface area contributed by atoms with Crippen molar-refractivity contribution in [3.05, 3.63) is 60.0 Å². The fourth-order valence-electron chi connectivity index (χ4n) is 3.06. The molecule has 0 saturated carbocycles. The minimum atomic E-state index is -0.935. The number of aromatic carboxylic acids is 1. The van der Waals surface area contributed by atoms with Gasteiger partial charge in [-0.1, -0.05) is 12.1 Å². The molecule has 134 valence electrons. The van der Waals surface area contributed by atoms with E-state index in [4.69, 9.17) is 0 Å². The van der Waals surface area contributed by atoms with Crippen LogP contribution in [-0.4, -0.2) is 48.7 Å². The van der Waals surface area contributed by atoms with Gasteiger partial charge in [-0.25, -0.2) is 9.78 Å². The number of carboxylic acids is 1. The van der Waals surface area contributed by atoms with Crippen molar-refractivity contribution < 1.29 is 9.90 Å². The van der Waals surface area contributed by atoms with Gasteiger partial charge in [-0.05, 0) is 30.2 Å². The number of carbonyl (C=O) groups is 1. The lowest BCUT2D eigenvalue weighted by Gasteiger charge is -2.24. The summed E-state index contributed by atoms with van der Waals surface area (Å²) in [5, 5.41) is 11.2. The Morgan fingerprint density at radius 2 is 1.85 bits per heavy atom. The summed E-state index contributed by atoms with van der Waals surface area (Å²) in [5.41, 5.74) is 2.30. The maximum atomic E-state index is 11.8. The zero-order valence-corrected chi connectivity index (χ0v) is 15.2. The van der Waals surface area contributed by atoms with Crippen LogP contribution in [0.5, 0.6) is 0 Å². The van der Waals surface area contributed by atoms with Crippen LogP contribution in [0.1, 0.15) is 15.9 Å². The number of fused-ring (bicyclic) bond motifs is 1. The summed E-state index contributed by atoms with van der Waals surface area (Å²) in [5.74, 6) is -0.176.